The van der Waals surface area contributed by atoms with Crippen molar-refractivity contribution in [1.82, 2.24) is 9.80 Å². The van der Waals surface area contributed by atoms with E-state index in [0.29, 0.717) is 32.1 Å². The van der Waals surface area contributed by atoms with Gasteiger partial charge in [0.2, 0.25) is 0 Å². The minimum absolute atomic E-state index is 0.376. The first kappa shape index (κ1) is 14.5. The number of piperidine rings is 1. The Bertz CT molecular complexity index is 321. The van der Waals surface area contributed by atoms with Crippen molar-refractivity contribution < 1.29 is 9.59 Å². The quantitative estimate of drug-likeness (QED) is 0.559. The Hall–Kier alpha value is -1.58. The fourth-order valence-electron chi connectivity index (χ4n) is 2.03. The monoisotopic (exact) mass is 250 g/mol. The number of carbonyl (C=O) groups is 2. The lowest BCUT2D eigenvalue weighted by molar-refractivity contribution is -0.152. The van der Waals surface area contributed by atoms with Gasteiger partial charge in [0.1, 0.15) is 0 Å². The number of hydrogen-bond donors (Lipinski definition) is 0. The van der Waals surface area contributed by atoms with Crippen molar-refractivity contribution in [3.8, 4) is 0 Å². The maximum Gasteiger partial charge on any atom is 0.312 e. The van der Waals surface area contributed by atoms with Crippen LogP contribution in [0.4, 0.5) is 0 Å². The molecule has 0 spiro atoms. The van der Waals surface area contributed by atoms with Crippen LogP contribution >= 0.6 is 0 Å². The molecule has 0 saturated carbocycles. The fourth-order valence-corrected chi connectivity index (χ4v) is 2.03. The number of likely N-dealkylation sites (tertiary alicyclic amines) is 1. The Morgan fingerprint density at radius 3 is 2.17 bits per heavy atom. The van der Waals surface area contributed by atoms with E-state index in [4.69, 9.17) is 0 Å². The average molecular weight is 250 g/mol. The molecule has 1 fully saturated rings. The Labute approximate surface area is 109 Å². The highest BCUT2D eigenvalue weighted by molar-refractivity contribution is 6.35. The summed E-state index contributed by atoms with van der Waals surface area (Å²) >= 11 is 0. The van der Waals surface area contributed by atoms with E-state index in [0.717, 1.165) is 12.8 Å². The average Bonchev–Trinajstić information content (AvgIpc) is 2.38. The highest BCUT2D eigenvalue weighted by Crippen LogP contribution is 2.16. The number of carbonyl (C=O) groups excluding carboxylic acids is 2. The molecule has 0 aliphatic carbocycles. The van der Waals surface area contributed by atoms with Gasteiger partial charge in [-0.1, -0.05) is 19.1 Å². The van der Waals surface area contributed by atoms with Gasteiger partial charge in [0, 0.05) is 26.2 Å². The van der Waals surface area contributed by atoms with E-state index < -0.39 is 11.8 Å². The second-order valence-electron chi connectivity index (χ2n) is 4.76. The summed E-state index contributed by atoms with van der Waals surface area (Å²) in [6.45, 7) is 11.5. The lowest BCUT2D eigenvalue weighted by atomic mass is 9.99. The molecule has 1 heterocycles. The van der Waals surface area contributed by atoms with Crippen molar-refractivity contribution in [2.45, 2.75) is 19.8 Å². The molecule has 0 aromatic heterocycles. The second-order valence-corrected chi connectivity index (χ2v) is 4.76. The fraction of sp³-hybridized carbons (Fsp3) is 0.571. The first-order valence-corrected chi connectivity index (χ1v) is 6.40. The third-order valence-electron chi connectivity index (χ3n) is 3.24. The van der Waals surface area contributed by atoms with Gasteiger partial charge in [0.05, 0.1) is 0 Å². The van der Waals surface area contributed by atoms with Gasteiger partial charge >= 0.3 is 11.8 Å². The number of rotatable bonds is 4. The summed E-state index contributed by atoms with van der Waals surface area (Å²) in [5.41, 5.74) is 0. The van der Waals surface area contributed by atoms with Crippen molar-refractivity contribution in [3.05, 3.63) is 25.3 Å². The molecule has 100 valence electrons. The van der Waals surface area contributed by atoms with Crippen LogP contribution in [0.15, 0.2) is 25.3 Å². The van der Waals surface area contributed by atoms with Gasteiger partial charge in [0.15, 0.2) is 0 Å². The topological polar surface area (TPSA) is 40.6 Å². The van der Waals surface area contributed by atoms with Crippen LogP contribution in [0.3, 0.4) is 0 Å². The lowest BCUT2D eigenvalue weighted by Crippen LogP contribution is -2.47. The molecular weight excluding hydrogens is 228 g/mol. The molecule has 0 N–H and O–H groups in total. The summed E-state index contributed by atoms with van der Waals surface area (Å²) in [7, 11) is 0. The zero-order valence-electron chi connectivity index (χ0n) is 11.1. The maximum absolute atomic E-state index is 12.1. The van der Waals surface area contributed by atoms with E-state index in [9.17, 15) is 9.59 Å². The van der Waals surface area contributed by atoms with Crippen LogP contribution in [0, 0.1) is 5.92 Å². The third kappa shape index (κ3) is 3.72. The molecule has 2 amide bonds. The van der Waals surface area contributed by atoms with Gasteiger partial charge in [-0.05, 0) is 18.8 Å². The summed E-state index contributed by atoms with van der Waals surface area (Å²) in [5.74, 6) is -0.212. The van der Waals surface area contributed by atoms with Crippen molar-refractivity contribution in [2.75, 3.05) is 26.2 Å². The number of amides is 2. The van der Waals surface area contributed by atoms with Gasteiger partial charge in [-0.15, -0.1) is 13.2 Å². The smallest absolute Gasteiger partial charge is 0.312 e. The molecule has 0 atom stereocenters. The Balaban J connectivity index is 2.60. The zero-order chi connectivity index (χ0) is 13.5. The van der Waals surface area contributed by atoms with E-state index >= 15 is 0 Å². The molecule has 1 saturated heterocycles. The predicted molar refractivity (Wildman–Crippen MR) is 72.0 cm³/mol. The predicted octanol–water partition coefficient (Wildman–Crippen LogP) is 1.45. The van der Waals surface area contributed by atoms with E-state index in [1.54, 1.807) is 17.1 Å². The summed E-state index contributed by atoms with van der Waals surface area (Å²) in [6, 6.07) is 0. The summed E-state index contributed by atoms with van der Waals surface area (Å²) < 4.78 is 0. The Morgan fingerprint density at radius 1 is 1.22 bits per heavy atom. The standard InChI is InChI=1S/C14H22N2O2/c1-4-8-15(9-5-2)13(17)14(18)16-10-6-12(3)7-11-16/h4-5,12H,1-2,6-11H2,3H3. The van der Waals surface area contributed by atoms with E-state index in [2.05, 4.69) is 20.1 Å². The molecule has 0 radical (unpaired) electrons. The van der Waals surface area contributed by atoms with E-state index in [1.165, 1.54) is 4.90 Å². The molecule has 0 aromatic rings. The minimum Gasteiger partial charge on any atom is -0.334 e. The van der Waals surface area contributed by atoms with Crippen molar-refractivity contribution >= 4 is 11.8 Å². The second kappa shape index (κ2) is 6.99. The van der Waals surface area contributed by atoms with Crippen LogP contribution in [0.5, 0.6) is 0 Å². The largest absolute Gasteiger partial charge is 0.334 e. The molecule has 1 aliphatic rings. The van der Waals surface area contributed by atoms with E-state index in [-0.39, 0.29) is 0 Å². The first-order valence-electron chi connectivity index (χ1n) is 6.40. The minimum atomic E-state index is -0.454. The molecule has 1 aliphatic heterocycles. The van der Waals surface area contributed by atoms with Crippen molar-refractivity contribution in [2.24, 2.45) is 5.92 Å². The van der Waals surface area contributed by atoms with Crippen LogP contribution in [0.2, 0.25) is 0 Å². The van der Waals surface area contributed by atoms with Gasteiger partial charge in [-0.3, -0.25) is 9.59 Å². The van der Waals surface area contributed by atoms with E-state index in [1.807, 2.05) is 0 Å². The Kier molecular flexibility index (Phi) is 5.62. The first-order chi connectivity index (χ1) is 8.60. The molecule has 0 bridgehead atoms. The van der Waals surface area contributed by atoms with Crippen molar-refractivity contribution in [1.29, 1.82) is 0 Å². The molecule has 1 rings (SSSR count). The van der Waals surface area contributed by atoms with Crippen LogP contribution < -0.4 is 0 Å². The number of hydrogen-bond acceptors (Lipinski definition) is 2. The molecule has 4 nitrogen and oxygen atoms in total. The van der Waals surface area contributed by atoms with Gasteiger partial charge in [0.25, 0.3) is 0 Å². The Morgan fingerprint density at radius 2 is 1.72 bits per heavy atom. The van der Waals surface area contributed by atoms with Crippen molar-refractivity contribution in [3.63, 3.8) is 0 Å². The summed E-state index contributed by atoms with van der Waals surface area (Å²) in [4.78, 5) is 27.2. The highest BCUT2D eigenvalue weighted by Gasteiger charge is 2.28. The molecule has 0 aromatic carbocycles. The van der Waals surface area contributed by atoms with Gasteiger partial charge in [-0.2, -0.15) is 0 Å². The van der Waals surface area contributed by atoms with Crippen LogP contribution in [-0.4, -0.2) is 47.8 Å². The normalized spacial score (nSPS) is 16.2. The summed E-state index contributed by atoms with van der Waals surface area (Å²) in [6.07, 6.45) is 5.18. The summed E-state index contributed by atoms with van der Waals surface area (Å²) in [5, 5.41) is 0. The molecule has 4 heteroatoms. The molecular formula is C14H22N2O2. The van der Waals surface area contributed by atoms with Gasteiger partial charge < -0.3 is 9.80 Å². The van der Waals surface area contributed by atoms with Crippen LogP contribution in [0.1, 0.15) is 19.8 Å². The lowest BCUT2D eigenvalue weighted by Gasteiger charge is -2.31. The molecule has 0 unspecified atom stereocenters. The van der Waals surface area contributed by atoms with Crippen LogP contribution in [0.25, 0.3) is 0 Å². The number of nitrogens with zero attached hydrogens (tertiary/aromatic N) is 2. The zero-order valence-corrected chi connectivity index (χ0v) is 11.1. The molecule has 18 heavy (non-hydrogen) atoms. The SMILES string of the molecule is C=CCN(CC=C)C(=O)C(=O)N1CCC(C)CC1. The maximum atomic E-state index is 12.1. The third-order valence-corrected chi connectivity index (χ3v) is 3.24. The van der Waals surface area contributed by atoms with Crippen LogP contribution in [-0.2, 0) is 9.59 Å². The highest BCUT2D eigenvalue weighted by atomic mass is 16.2. The van der Waals surface area contributed by atoms with Gasteiger partial charge in [-0.25, -0.2) is 0 Å².